The van der Waals surface area contributed by atoms with Gasteiger partial charge >= 0.3 is 5.97 Å². The minimum atomic E-state index is -0.801. The summed E-state index contributed by atoms with van der Waals surface area (Å²) in [6.45, 7) is 1.28. The molecule has 25 heavy (non-hydrogen) atoms. The number of Topliss-reactive ketones (excluding diaryl/α,β-unsaturated/α-hetero) is 1. The Balaban J connectivity index is 1.92. The molecule has 1 N–H and O–H groups in total. The second-order valence-electron chi connectivity index (χ2n) is 5.02. The molecule has 1 aromatic heterocycles. The van der Waals surface area contributed by atoms with E-state index in [4.69, 9.17) is 9.47 Å². The highest BCUT2D eigenvalue weighted by atomic mass is 32.1. The molecular weight excluding hydrogens is 349 g/mol. The van der Waals surface area contributed by atoms with Gasteiger partial charge in [-0.15, -0.1) is 11.3 Å². The van der Waals surface area contributed by atoms with E-state index in [9.17, 15) is 18.8 Å². The zero-order valence-electron chi connectivity index (χ0n) is 13.6. The summed E-state index contributed by atoms with van der Waals surface area (Å²) in [5.74, 6) is -2.02. The number of carbonyl (C=O) groups excluding carboxylic acids is 3. The van der Waals surface area contributed by atoms with Crippen LogP contribution in [0.5, 0.6) is 5.75 Å². The van der Waals surface area contributed by atoms with E-state index in [2.05, 4.69) is 5.32 Å². The van der Waals surface area contributed by atoms with Crippen LogP contribution in [0.15, 0.2) is 30.3 Å². The smallest absolute Gasteiger partial charge is 0.338 e. The largest absolute Gasteiger partial charge is 0.494 e. The summed E-state index contributed by atoms with van der Waals surface area (Å²) in [4.78, 5) is 36.0. The summed E-state index contributed by atoms with van der Waals surface area (Å²) in [6.07, 6.45) is 0. The lowest BCUT2D eigenvalue weighted by Crippen LogP contribution is -2.18. The van der Waals surface area contributed by atoms with Gasteiger partial charge in [0.05, 0.1) is 24.1 Å². The van der Waals surface area contributed by atoms with Crippen LogP contribution >= 0.6 is 11.3 Å². The summed E-state index contributed by atoms with van der Waals surface area (Å²) in [5.41, 5.74) is -0.0105. The van der Waals surface area contributed by atoms with Gasteiger partial charge in [-0.05, 0) is 30.3 Å². The van der Waals surface area contributed by atoms with Gasteiger partial charge in [0.1, 0.15) is 0 Å². The van der Waals surface area contributed by atoms with Crippen molar-refractivity contribution in [2.75, 3.05) is 13.7 Å². The van der Waals surface area contributed by atoms with Crippen molar-refractivity contribution in [1.29, 1.82) is 0 Å². The van der Waals surface area contributed by atoms with E-state index in [0.29, 0.717) is 11.4 Å². The van der Waals surface area contributed by atoms with Crippen molar-refractivity contribution >= 4 is 29.0 Å². The van der Waals surface area contributed by atoms with Crippen LogP contribution in [0.3, 0.4) is 0 Å². The van der Waals surface area contributed by atoms with E-state index in [1.165, 1.54) is 37.5 Å². The van der Waals surface area contributed by atoms with Crippen molar-refractivity contribution in [3.63, 3.8) is 0 Å². The fourth-order valence-electron chi connectivity index (χ4n) is 1.91. The van der Waals surface area contributed by atoms with Crippen molar-refractivity contribution in [3.8, 4) is 5.75 Å². The molecule has 1 heterocycles. The standard InChI is InChI=1S/C17H16FNO5S/c1-10(20)19-8-12-4-6-16(25-12)14(21)9-24-17(22)11-3-5-15(23-2)13(18)7-11/h3-7H,8-9H2,1-2H3,(H,19,20). The van der Waals surface area contributed by atoms with Crippen LogP contribution in [0.25, 0.3) is 0 Å². The number of benzene rings is 1. The minimum Gasteiger partial charge on any atom is -0.494 e. The number of halogens is 1. The third kappa shape index (κ3) is 5.12. The molecule has 0 atom stereocenters. The average Bonchev–Trinajstić information content (AvgIpc) is 3.06. The highest BCUT2D eigenvalue weighted by Gasteiger charge is 2.15. The number of nitrogens with one attached hydrogen (secondary N) is 1. The Hall–Kier alpha value is -2.74. The number of esters is 1. The zero-order chi connectivity index (χ0) is 18.4. The van der Waals surface area contributed by atoms with Crippen LogP contribution in [0, 0.1) is 5.82 Å². The SMILES string of the molecule is COc1ccc(C(=O)OCC(=O)c2ccc(CNC(C)=O)s2)cc1F. The van der Waals surface area contributed by atoms with E-state index < -0.39 is 18.4 Å². The molecule has 2 rings (SSSR count). The molecule has 0 aliphatic rings. The van der Waals surface area contributed by atoms with Crippen molar-refractivity contribution < 1.29 is 28.2 Å². The first-order valence-corrected chi connectivity index (χ1v) is 8.09. The van der Waals surface area contributed by atoms with E-state index in [-0.39, 0.29) is 23.0 Å². The highest BCUT2D eigenvalue weighted by molar-refractivity contribution is 7.14. The van der Waals surface area contributed by atoms with E-state index in [1.807, 2.05) is 0 Å². The molecule has 1 amide bonds. The second-order valence-corrected chi connectivity index (χ2v) is 6.19. The molecule has 0 fully saturated rings. The topological polar surface area (TPSA) is 81.7 Å². The van der Waals surface area contributed by atoms with Gasteiger partial charge in [0.25, 0.3) is 0 Å². The summed E-state index contributed by atoms with van der Waals surface area (Å²) in [7, 11) is 1.32. The number of amides is 1. The van der Waals surface area contributed by atoms with Crippen LogP contribution in [0.4, 0.5) is 4.39 Å². The van der Waals surface area contributed by atoms with Crippen LogP contribution < -0.4 is 10.1 Å². The summed E-state index contributed by atoms with van der Waals surface area (Å²) >= 11 is 1.21. The van der Waals surface area contributed by atoms with E-state index >= 15 is 0 Å². The molecular formula is C17H16FNO5S. The lowest BCUT2D eigenvalue weighted by Gasteiger charge is -2.05. The Morgan fingerprint density at radius 2 is 1.96 bits per heavy atom. The maximum absolute atomic E-state index is 13.6. The number of hydrogen-bond acceptors (Lipinski definition) is 6. The molecule has 6 nitrogen and oxygen atoms in total. The van der Waals surface area contributed by atoms with Crippen LogP contribution in [-0.2, 0) is 16.1 Å². The molecule has 2 aromatic rings. The second kappa shape index (κ2) is 8.39. The molecule has 0 saturated carbocycles. The molecule has 132 valence electrons. The van der Waals surface area contributed by atoms with Gasteiger partial charge in [-0.1, -0.05) is 0 Å². The lowest BCUT2D eigenvalue weighted by molar-refractivity contribution is -0.119. The van der Waals surface area contributed by atoms with Crippen molar-refractivity contribution in [2.24, 2.45) is 0 Å². The Morgan fingerprint density at radius 3 is 2.60 bits per heavy atom. The van der Waals surface area contributed by atoms with Gasteiger partial charge in [-0.2, -0.15) is 0 Å². The van der Waals surface area contributed by atoms with Gasteiger partial charge in [-0.3, -0.25) is 9.59 Å². The van der Waals surface area contributed by atoms with Gasteiger partial charge in [0.15, 0.2) is 18.2 Å². The normalized spacial score (nSPS) is 10.2. The maximum atomic E-state index is 13.6. The lowest BCUT2D eigenvalue weighted by atomic mass is 10.2. The van der Waals surface area contributed by atoms with E-state index in [0.717, 1.165) is 10.9 Å². The Labute approximate surface area is 147 Å². The first-order chi connectivity index (χ1) is 11.9. The quantitative estimate of drug-likeness (QED) is 0.602. The van der Waals surface area contributed by atoms with Crippen molar-refractivity contribution in [1.82, 2.24) is 5.32 Å². The predicted octanol–water partition coefficient (Wildman–Crippen LogP) is 2.57. The van der Waals surface area contributed by atoms with Gasteiger partial charge in [0.2, 0.25) is 11.7 Å². The molecule has 0 aliphatic heterocycles. The Morgan fingerprint density at radius 1 is 1.20 bits per heavy atom. The number of rotatable bonds is 7. The summed E-state index contributed by atoms with van der Waals surface area (Å²) in [5, 5.41) is 2.63. The van der Waals surface area contributed by atoms with Gasteiger partial charge in [-0.25, -0.2) is 9.18 Å². The first kappa shape index (κ1) is 18.6. The molecule has 8 heteroatoms. The molecule has 0 aliphatic carbocycles. The third-order valence-electron chi connectivity index (χ3n) is 3.17. The number of methoxy groups -OCH3 is 1. The van der Waals surface area contributed by atoms with Crippen LogP contribution in [0.1, 0.15) is 31.8 Å². The maximum Gasteiger partial charge on any atom is 0.338 e. The molecule has 0 unspecified atom stereocenters. The Kier molecular flexibility index (Phi) is 6.24. The fraction of sp³-hybridized carbons (Fsp3) is 0.235. The Bertz CT molecular complexity index is 802. The third-order valence-corrected chi connectivity index (χ3v) is 4.30. The first-order valence-electron chi connectivity index (χ1n) is 7.27. The summed E-state index contributed by atoms with van der Waals surface area (Å²) < 4.78 is 23.3. The van der Waals surface area contributed by atoms with Crippen molar-refractivity contribution in [3.05, 3.63) is 51.5 Å². The number of hydrogen-bond donors (Lipinski definition) is 1. The molecule has 0 bridgehead atoms. The van der Waals surface area contributed by atoms with Crippen molar-refractivity contribution in [2.45, 2.75) is 13.5 Å². The number of carbonyl (C=O) groups is 3. The molecule has 0 spiro atoms. The average molecular weight is 365 g/mol. The van der Waals surface area contributed by atoms with Gasteiger partial charge < -0.3 is 14.8 Å². The molecule has 0 saturated heterocycles. The number of thiophene rings is 1. The predicted molar refractivity (Wildman–Crippen MR) is 89.4 cm³/mol. The zero-order valence-corrected chi connectivity index (χ0v) is 14.4. The van der Waals surface area contributed by atoms with Gasteiger partial charge in [0, 0.05) is 11.8 Å². The monoisotopic (exact) mass is 365 g/mol. The number of ketones is 1. The minimum absolute atomic E-state index is 0.0105. The van der Waals surface area contributed by atoms with Crippen LogP contribution in [0.2, 0.25) is 0 Å². The number of ether oxygens (including phenoxy) is 2. The highest BCUT2D eigenvalue weighted by Crippen LogP contribution is 2.19. The fourth-order valence-corrected chi connectivity index (χ4v) is 2.79. The van der Waals surface area contributed by atoms with Crippen LogP contribution in [-0.4, -0.2) is 31.4 Å². The molecule has 0 radical (unpaired) electrons. The molecule has 1 aromatic carbocycles. The summed E-state index contributed by atoms with van der Waals surface area (Å²) in [6, 6.07) is 6.97. The van der Waals surface area contributed by atoms with E-state index in [1.54, 1.807) is 12.1 Å².